The fraction of sp³-hybridized carbons (Fsp3) is 0.667. The van der Waals surface area contributed by atoms with E-state index < -0.39 is 9.84 Å². The summed E-state index contributed by atoms with van der Waals surface area (Å²) in [6, 6.07) is 1.58. The van der Waals surface area contributed by atoms with Gasteiger partial charge in [0.05, 0.1) is 32.3 Å². The highest BCUT2D eigenvalue weighted by molar-refractivity contribution is 7.90. The molecule has 2 rings (SSSR count). The maximum atomic E-state index is 12.1. The smallest absolute Gasteiger partial charge is 0.216 e. The summed E-state index contributed by atoms with van der Waals surface area (Å²) in [6.45, 7) is 0.883. The molecule has 1 aromatic rings. The minimum absolute atomic E-state index is 0.00680. The zero-order valence-electron chi connectivity index (χ0n) is 13.1. The summed E-state index contributed by atoms with van der Waals surface area (Å²) in [5, 5.41) is 0. The lowest BCUT2D eigenvalue weighted by atomic mass is 10.3. The van der Waals surface area contributed by atoms with Gasteiger partial charge >= 0.3 is 0 Å². The Kier molecular flexibility index (Phi) is 6.02. The topological polar surface area (TPSA) is 74.7 Å². The molecule has 0 radical (unpaired) electrons. The van der Waals surface area contributed by atoms with Gasteiger partial charge in [-0.05, 0) is 12.3 Å². The summed E-state index contributed by atoms with van der Waals surface area (Å²) in [5.41, 5.74) is 0.529. The van der Waals surface area contributed by atoms with Crippen molar-refractivity contribution in [2.24, 2.45) is 5.92 Å². The van der Waals surface area contributed by atoms with E-state index in [1.54, 1.807) is 6.07 Å². The Morgan fingerprint density at radius 3 is 2.64 bits per heavy atom. The molecule has 1 heterocycles. The second kappa shape index (κ2) is 7.78. The number of rotatable bonds is 10. The van der Waals surface area contributed by atoms with Crippen LogP contribution in [0.3, 0.4) is 0 Å². The first-order valence-electron chi connectivity index (χ1n) is 7.39. The largest absolute Gasteiger partial charge is 0.496 e. The minimum atomic E-state index is -3.26. The normalized spacial score (nSPS) is 14.8. The molecule has 0 N–H and O–H groups in total. The number of pyridine rings is 1. The van der Waals surface area contributed by atoms with Crippen molar-refractivity contribution in [3.63, 3.8) is 0 Å². The molecule has 0 aliphatic heterocycles. The number of sulfone groups is 1. The van der Waals surface area contributed by atoms with Crippen molar-refractivity contribution in [1.82, 2.24) is 4.98 Å². The first-order valence-corrected chi connectivity index (χ1v) is 9.21. The third kappa shape index (κ3) is 5.46. The fourth-order valence-electron chi connectivity index (χ4n) is 2.11. The van der Waals surface area contributed by atoms with Gasteiger partial charge in [-0.15, -0.1) is 0 Å². The van der Waals surface area contributed by atoms with Crippen molar-refractivity contribution in [3.05, 3.63) is 17.8 Å². The highest BCUT2D eigenvalue weighted by atomic mass is 32.2. The van der Waals surface area contributed by atoms with Crippen LogP contribution in [0.1, 0.15) is 24.8 Å². The number of aromatic nitrogens is 1. The molecule has 1 fully saturated rings. The van der Waals surface area contributed by atoms with Crippen LogP contribution in [0.2, 0.25) is 0 Å². The molecule has 0 bridgehead atoms. The van der Waals surface area contributed by atoms with Crippen LogP contribution in [0.4, 0.5) is 0 Å². The third-order valence-corrected chi connectivity index (χ3v) is 5.17. The summed E-state index contributed by atoms with van der Waals surface area (Å²) in [5.74, 6) is 1.55. The lowest BCUT2D eigenvalue weighted by molar-refractivity contribution is 0.142. The molecule has 7 heteroatoms. The molecule has 22 heavy (non-hydrogen) atoms. The SMILES string of the molecule is COc1cc(OC)c(CS(=O)(=O)CCOCCC2CC2)cn1. The molecule has 124 valence electrons. The Morgan fingerprint density at radius 1 is 1.23 bits per heavy atom. The zero-order valence-corrected chi connectivity index (χ0v) is 13.9. The van der Waals surface area contributed by atoms with Crippen molar-refractivity contribution >= 4 is 9.84 Å². The quantitative estimate of drug-likeness (QED) is 0.610. The van der Waals surface area contributed by atoms with E-state index in [0.29, 0.717) is 23.8 Å². The summed E-state index contributed by atoms with van der Waals surface area (Å²) < 4.78 is 39.9. The van der Waals surface area contributed by atoms with Crippen LogP contribution < -0.4 is 9.47 Å². The number of methoxy groups -OCH3 is 2. The zero-order chi connectivity index (χ0) is 16.0. The molecular formula is C15H23NO5S. The standard InChI is InChI=1S/C15H23NO5S/c1-19-14-9-15(20-2)16-10-13(14)11-22(17,18)8-7-21-6-5-12-3-4-12/h9-10,12H,3-8,11H2,1-2H3. The van der Waals surface area contributed by atoms with Crippen LogP contribution in [0.15, 0.2) is 12.3 Å². The van der Waals surface area contributed by atoms with E-state index in [9.17, 15) is 8.42 Å². The monoisotopic (exact) mass is 329 g/mol. The highest BCUT2D eigenvalue weighted by Gasteiger charge is 2.21. The summed E-state index contributed by atoms with van der Waals surface area (Å²) in [7, 11) is -0.269. The molecule has 6 nitrogen and oxygen atoms in total. The van der Waals surface area contributed by atoms with Gasteiger partial charge in [0.25, 0.3) is 0 Å². The molecular weight excluding hydrogens is 306 g/mol. The third-order valence-electron chi connectivity index (χ3n) is 3.63. The van der Waals surface area contributed by atoms with Crippen molar-refractivity contribution in [1.29, 1.82) is 0 Å². The Hall–Kier alpha value is -1.34. The van der Waals surface area contributed by atoms with Gasteiger partial charge in [0.1, 0.15) is 5.75 Å². The van der Waals surface area contributed by atoms with E-state index in [2.05, 4.69) is 4.98 Å². The molecule has 0 unspecified atom stereocenters. The van der Waals surface area contributed by atoms with Gasteiger partial charge < -0.3 is 14.2 Å². The number of hydrogen-bond acceptors (Lipinski definition) is 6. The van der Waals surface area contributed by atoms with Gasteiger partial charge in [-0.1, -0.05) is 12.8 Å². The van der Waals surface area contributed by atoms with E-state index >= 15 is 0 Å². The molecule has 0 spiro atoms. The predicted molar refractivity (Wildman–Crippen MR) is 83.0 cm³/mol. The molecule has 0 amide bonds. The Labute approximate surface area is 131 Å². The Balaban J connectivity index is 1.84. The molecule has 0 atom stereocenters. The number of hydrogen-bond donors (Lipinski definition) is 0. The summed E-state index contributed by atoms with van der Waals surface area (Å²) in [6.07, 6.45) is 5.08. The Morgan fingerprint density at radius 2 is 2.00 bits per heavy atom. The van der Waals surface area contributed by atoms with E-state index in [4.69, 9.17) is 14.2 Å². The number of ether oxygens (including phenoxy) is 3. The Bertz CT molecular complexity index is 584. The maximum absolute atomic E-state index is 12.1. The molecule has 0 aromatic carbocycles. The average molecular weight is 329 g/mol. The van der Waals surface area contributed by atoms with E-state index in [1.165, 1.54) is 33.3 Å². The summed E-state index contributed by atoms with van der Waals surface area (Å²) in [4.78, 5) is 4.03. The van der Waals surface area contributed by atoms with Crippen LogP contribution in [0.25, 0.3) is 0 Å². The van der Waals surface area contributed by atoms with E-state index in [-0.39, 0.29) is 18.1 Å². The van der Waals surface area contributed by atoms with Crippen molar-refractivity contribution in [2.75, 3.05) is 33.2 Å². The van der Waals surface area contributed by atoms with Gasteiger partial charge in [0.2, 0.25) is 5.88 Å². The first kappa shape index (κ1) is 17.0. The van der Waals surface area contributed by atoms with Crippen LogP contribution in [-0.4, -0.2) is 46.6 Å². The second-order valence-corrected chi connectivity index (χ2v) is 7.66. The molecule has 1 aliphatic rings. The molecule has 1 aliphatic carbocycles. The van der Waals surface area contributed by atoms with E-state index in [1.807, 2.05) is 0 Å². The highest BCUT2D eigenvalue weighted by Crippen LogP contribution is 2.32. The van der Waals surface area contributed by atoms with Gasteiger partial charge in [0, 0.05) is 24.4 Å². The molecule has 1 saturated carbocycles. The van der Waals surface area contributed by atoms with Crippen LogP contribution in [0, 0.1) is 5.92 Å². The average Bonchev–Trinajstić information content (AvgIpc) is 3.31. The van der Waals surface area contributed by atoms with Crippen LogP contribution >= 0.6 is 0 Å². The number of nitrogens with zero attached hydrogens (tertiary/aromatic N) is 1. The van der Waals surface area contributed by atoms with Gasteiger partial charge in [0.15, 0.2) is 9.84 Å². The predicted octanol–water partition coefficient (Wildman–Crippen LogP) is 1.83. The minimum Gasteiger partial charge on any atom is -0.496 e. The van der Waals surface area contributed by atoms with Crippen molar-refractivity contribution in [2.45, 2.75) is 25.0 Å². The van der Waals surface area contributed by atoms with Gasteiger partial charge in [-0.2, -0.15) is 0 Å². The lowest BCUT2D eigenvalue weighted by Crippen LogP contribution is -2.15. The first-order chi connectivity index (χ1) is 10.5. The van der Waals surface area contributed by atoms with E-state index in [0.717, 1.165) is 12.3 Å². The fourth-order valence-corrected chi connectivity index (χ4v) is 3.32. The molecule has 1 aromatic heterocycles. The maximum Gasteiger partial charge on any atom is 0.216 e. The van der Waals surface area contributed by atoms with Gasteiger partial charge in [-0.3, -0.25) is 0 Å². The van der Waals surface area contributed by atoms with Crippen LogP contribution in [-0.2, 0) is 20.3 Å². The molecule has 0 saturated heterocycles. The van der Waals surface area contributed by atoms with Crippen molar-refractivity contribution in [3.8, 4) is 11.6 Å². The van der Waals surface area contributed by atoms with Crippen LogP contribution in [0.5, 0.6) is 11.6 Å². The lowest BCUT2D eigenvalue weighted by Gasteiger charge is -2.10. The second-order valence-electron chi connectivity index (χ2n) is 5.47. The van der Waals surface area contributed by atoms with Crippen molar-refractivity contribution < 1.29 is 22.6 Å². The van der Waals surface area contributed by atoms with Gasteiger partial charge in [-0.25, -0.2) is 13.4 Å². The summed E-state index contributed by atoms with van der Waals surface area (Å²) >= 11 is 0.